The topological polar surface area (TPSA) is 107 Å². The predicted molar refractivity (Wildman–Crippen MR) is 135 cm³/mol. The highest BCUT2D eigenvalue weighted by atomic mass is 28.4. The van der Waals surface area contributed by atoms with E-state index < -0.39 is 17.6 Å². The molecular weight excluding hydrogens is 460 g/mol. The molecule has 0 aliphatic rings. The lowest BCUT2D eigenvalue weighted by Gasteiger charge is -2.31. The molecular formula is C21H48N4O6Si2. The van der Waals surface area contributed by atoms with Crippen LogP contribution in [0.3, 0.4) is 0 Å². The van der Waals surface area contributed by atoms with E-state index in [-0.39, 0.29) is 0 Å². The van der Waals surface area contributed by atoms with E-state index in [1.807, 2.05) is 41.5 Å². The van der Waals surface area contributed by atoms with Crippen LogP contribution in [0, 0.1) is 0 Å². The van der Waals surface area contributed by atoms with Crippen LogP contribution in [0.5, 0.6) is 0 Å². The zero-order chi connectivity index (χ0) is 24.8. The van der Waals surface area contributed by atoms with Crippen molar-refractivity contribution in [2.24, 2.45) is 5.11 Å². The van der Waals surface area contributed by atoms with Crippen LogP contribution in [-0.2, 0) is 26.6 Å². The zero-order valence-corrected chi connectivity index (χ0v) is 23.8. The maximum Gasteiger partial charge on any atom is 0.500 e. The number of nitrogens with zero attached hydrogens (tertiary/aromatic N) is 4. The van der Waals surface area contributed by atoms with E-state index in [4.69, 9.17) is 32.1 Å². The molecule has 0 amide bonds. The van der Waals surface area contributed by atoms with Gasteiger partial charge >= 0.3 is 17.6 Å². The van der Waals surface area contributed by atoms with Gasteiger partial charge in [0.25, 0.3) is 0 Å². The highest BCUT2D eigenvalue weighted by Crippen LogP contribution is 2.21. The standard InChI is InChI=1S/C21H48N4O6Si2/c1-7-26-32(27-8-2,28-9-3)20-14-18-25(17-13-16-23-24-22)19-15-21-33(29-10-4,30-11-5)31-12-6/h7-21H2,1-6H3. The molecule has 0 aromatic carbocycles. The molecule has 0 saturated heterocycles. The maximum absolute atomic E-state index is 8.57. The minimum Gasteiger partial charge on any atom is -0.374 e. The van der Waals surface area contributed by atoms with Gasteiger partial charge in [0.1, 0.15) is 0 Å². The Balaban J connectivity index is 5.03. The molecule has 0 spiro atoms. The fourth-order valence-corrected chi connectivity index (χ4v) is 8.97. The molecule has 12 heteroatoms. The largest absolute Gasteiger partial charge is 0.500 e. The molecule has 0 saturated carbocycles. The summed E-state index contributed by atoms with van der Waals surface area (Å²) in [5, 5.41) is 3.68. The zero-order valence-electron chi connectivity index (χ0n) is 21.8. The van der Waals surface area contributed by atoms with E-state index in [1.54, 1.807) is 0 Å². The van der Waals surface area contributed by atoms with Crippen LogP contribution in [0.1, 0.15) is 60.8 Å². The van der Waals surface area contributed by atoms with Gasteiger partial charge in [-0.1, -0.05) is 5.11 Å². The SMILES string of the molecule is CCO[Si](CCCN(CCCN=[N+]=[N-])CCC[Si](OCC)(OCC)OCC)(OCC)OCC. The van der Waals surface area contributed by atoms with E-state index in [0.717, 1.165) is 51.0 Å². The molecule has 0 atom stereocenters. The second kappa shape index (κ2) is 20.8. The molecule has 196 valence electrons. The second-order valence-corrected chi connectivity index (χ2v) is 12.8. The van der Waals surface area contributed by atoms with Gasteiger partial charge in [-0.15, -0.1) is 0 Å². The Morgan fingerprint density at radius 3 is 1.24 bits per heavy atom. The molecule has 10 nitrogen and oxygen atoms in total. The normalized spacial score (nSPS) is 12.3. The van der Waals surface area contributed by atoms with Crippen LogP contribution >= 0.6 is 0 Å². The first-order valence-electron chi connectivity index (χ1n) is 12.6. The van der Waals surface area contributed by atoms with Gasteiger partial charge in [-0.05, 0) is 86.0 Å². The Bertz CT molecular complexity index is 449. The van der Waals surface area contributed by atoms with Crippen molar-refractivity contribution in [3.63, 3.8) is 0 Å². The lowest BCUT2D eigenvalue weighted by Crippen LogP contribution is -2.47. The summed E-state index contributed by atoms with van der Waals surface area (Å²) in [5.41, 5.74) is 8.57. The number of azide groups is 1. The minimum atomic E-state index is -2.65. The molecule has 0 N–H and O–H groups in total. The summed E-state index contributed by atoms with van der Waals surface area (Å²) in [5.74, 6) is 0. The monoisotopic (exact) mass is 508 g/mol. The molecule has 0 aromatic heterocycles. The predicted octanol–water partition coefficient (Wildman–Crippen LogP) is 4.87. The van der Waals surface area contributed by atoms with E-state index >= 15 is 0 Å². The summed E-state index contributed by atoms with van der Waals surface area (Å²) in [6.07, 6.45) is 2.65. The molecule has 0 heterocycles. The smallest absolute Gasteiger partial charge is 0.374 e. The van der Waals surface area contributed by atoms with Crippen molar-refractivity contribution in [3.8, 4) is 0 Å². The fraction of sp³-hybridized carbons (Fsp3) is 1.00. The van der Waals surface area contributed by atoms with Crippen LogP contribution in [0.2, 0.25) is 12.1 Å². The van der Waals surface area contributed by atoms with Crippen molar-refractivity contribution in [1.82, 2.24) is 4.90 Å². The number of rotatable bonds is 24. The van der Waals surface area contributed by atoms with Gasteiger partial charge in [0.2, 0.25) is 0 Å². The Kier molecular flexibility index (Phi) is 20.5. The highest BCUT2D eigenvalue weighted by molar-refractivity contribution is 6.61. The molecule has 33 heavy (non-hydrogen) atoms. The van der Waals surface area contributed by atoms with E-state index in [1.165, 1.54) is 0 Å². The summed E-state index contributed by atoms with van der Waals surface area (Å²) in [4.78, 5) is 5.26. The van der Waals surface area contributed by atoms with Gasteiger partial charge in [0.05, 0.1) is 0 Å². The van der Waals surface area contributed by atoms with E-state index in [2.05, 4.69) is 14.9 Å². The first-order chi connectivity index (χ1) is 16.0. The van der Waals surface area contributed by atoms with Crippen LogP contribution in [0.4, 0.5) is 0 Å². The lowest BCUT2D eigenvalue weighted by atomic mass is 10.3. The van der Waals surface area contributed by atoms with Crippen molar-refractivity contribution in [2.75, 3.05) is 65.8 Å². The summed E-state index contributed by atoms with van der Waals surface area (Å²) in [6, 6.07) is 1.57. The summed E-state index contributed by atoms with van der Waals surface area (Å²) in [7, 11) is -5.29. The third kappa shape index (κ3) is 14.5. The van der Waals surface area contributed by atoms with Crippen molar-refractivity contribution < 1.29 is 26.6 Å². The van der Waals surface area contributed by atoms with Gasteiger partial charge in [-0.2, -0.15) is 0 Å². The third-order valence-electron chi connectivity index (χ3n) is 4.90. The Hall–Kier alpha value is -0.536. The average Bonchev–Trinajstić information content (AvgIpc) is 2.77. The van der Waals surface area contributed by atoms with Crippen LogP contribution < -0.4 is 0 Å². The maximum atomic E-state index is 8.57. The highest BCUT2D eigenvalue weighted by Gasteiger charge is 2.41. The molecule has 0 unspecified atom stereocenters. The molecule has 0 aliphatic heterocycles. The van der Waals surface area contributed by atoms with Crippen LogP contribution in [-0.4, -0.2) is 88.3 Å². The van der Waals surface area contributed by atoms with Crippen molar-refractivity contribution in [3.05, 3.63) is 10.4 Å². The van der Waals surface area contributed by atoms with Gasteiger partial charge in [-0.3, -0.25) is 0 Å². The number of hydrogen-bond acceptors (Lipinski definition) is 8. The summed E-state index contributed by atoms with van der Waals surface area (Å²) < 4.78 is 35.9. The Morgan fingerprint density at radius 2 is 0.939 bits per heavy atom. The molecule has 0 bridgehead atoms. The molecule has 0 radical (unpaired) electrons. The van der Waals surface area contributed by atoms with E-state index in [9.17, 15) is 0 Å². The molecule has 0 rings (SSSR count). The first-order valence-corrected chi connectivity index (χ1v) is 16.4. The molecule has 0 fully saturated rings. The third-order valence-corrected chi connectivity index (χ3v) is 11.2. The van der Waals surface area contributed by atoms with Crippen LogP contribution in [0.25, 0.3) is 10.4 Å². The Morgan fingerprint density at radius 1 is 0.606 bits per heavy atom. The fourth-order valence-electron chi connectivity index (χ4n) is 3.79. The average molecular weight is 509 g/mol. The van der Waals surface area contributed by atoms with Crippen molar-refractivity contribution in [1.29, 1.82) is 0 Å². The second-order valence-electron chi connectivity index (χ2n) is 7.32. The molecule has 0 aromatic rings. The van der Waals surface area contributed by atoms with Gasteiger partial charge < -0.3 is 31.5 Å². The lowest BCUT2D eigenvalue weighted by molar-refractivity contribution is 0.0692. The van der Waals surface area contributed by atoms with Gasteiger partial charge in [0, 0.05) is 63.2 Å². The molecule has 0 aliphatic carbocycles. The first kappa shape index (κ1) is 32.5. The van der Waals surface area contributed by atoms with Crippen molar-refractivity contribution >= 4 is 17.6 Å². The van der Waals surface area contributed by atoms with E-state index in [0.29, 0.717) is 46.2 Å². The summed E-state index contributed by atoms with van der Waals surface area (Å²) >= 11 is 0. The van der Waals surface area contributed by atoms with Crippen LogP contribution in [0.15, 0.2) is 5.11 Å². The minimum absolute atomic E-state index is 0.498. The van der Waals surface area contributed by atoms with Crippen molar-refractivity contribution in [2.45, 2.75) is 72.9 Å². The quantitative estimate of drug-likeness (QED) is 0.0602. The Labute approximate surface area is 203 Å². The van der Waals surface area contributed by atoms with Gasteiger partial charge in [0.15, 0.2) is 0 Å². The number of hydrogen-bond donors (Lipinski definition) is 0. The van der Waals surface area contributed by atoms with Gasteiger partial charge in [-0.25, -0.2) is 0 Å². The summed E-state index contributed by atoms with van der Waals surface area (Å²) in [6.45, 7) is 18.5.